The van der Waals surface area contributed by atoms with Gasteiger partial charge in [0.25, 0.3) is 0 Å². The standard InChI is InChI=1S/C15H21F2N3O4S/c1-3-20(14(22)8-9-18-25(23,24)4-2)10-13(21)19-15-11(16)6-5-7-12(15)17/h5-7,18H,3-4,8-10H2,1-2H3,(H,19,21). The summed E-state index contributed by atoms with van der Waals surface area (Å²) in [6, 6.07) is 3.17. The van der Waals surface area contributed by atoms with Gasteiger partial charge in [-0.25, -0.2) is 21.9 Å². The first-order valence-electron chi connectivity index (χ1n) is 7.69. The monoisotopic (exact) mass is 377 g/mol. The van der Waals surface area contributed by atoms with E-state index < -0.39 is 45.7 Å². The number of carbonyl (C=O) groups excluding carboxylic acids is 2. The average Bonchev–Trinajstić information content (AvgIpc) is 2.55. The summed E-state index contributed by atoms with van der Waals surface area (Å²) in [6.07, 6.45) is -0.131. The van der Waals surface area contributed by atoms with Crippen molar-refractivity contribution >= 4 is 27.5 Å². The summed E-state index contributed by atoms with van der Waals surface area (Å²) < 4.78 is 51.8. The smallest absolute Gasteiger partial charge is 0.244 e. The third-order valence-electron chi connectivity index (χ3n) is 3.34. The summed E-state index contributed by atoms with van der Waals surface area (Å²) in [5.41, 5.74) is -0.577. The molecule has 0 radical (unpaired) electrons. The molecule has 2 amide bonds. The highest BCUT2D eigenvalue weighted by atomic mass is 32.2. The molecule has 0 aliphatic carbocycles. The van der Waals surface area contributed by atoms with E-state index in [2.05, 4.69) is 10.0 Å². The van der Waals surface area contributed by atoms with E-state index in [0.717, 1.165) is 17.0 Å². The van der Waals surface area contributed by atoms with Crippen LogP contribution in [0.15, 0.2) is 18.2 Å². The van der Waals surface area contributed by atoms with Crippen molar-refractivity contribution in [2.75, 3.05) is 30.7 Å². The molecule has 25 heavy (non-hydrogen) atoms. The molecule has 0 atom stereocenters. The topological polar surface area (TPSA) is 95.6 Å². The Kier molecular flexibility index (Phi) is 7.91. The highest BCUT2D eigenvalue weighted by Crippen LogP contribution is 2.17. The Morgan fingerprint density at radius 1 is 1.16 bits per heavy atom. The van der Waals surface area contributed by atoms with Crippen LogP contribution in [0.25, 0.3) is 0 Å². The summed E-state index contributed by atoms with van der Waals surface area (Å²) in [7, 11) is -3.40. The van der Waals surface area contributed by atoms with Gasteiger partial charge in [-0.3, -0.25) is 9.59 Å². The van der Waals surface area contributed by atoms with Gasteiger partial charge in [-0.1, -0.05) is 6.07 Å². The van der Waals surface area contributed by atoms with E-state index in [0.29, 0.717) is 0 Å². The summed E-state index contributed by atoms with van der Waals surface area (Å²) in [5.74, 6) is -3.15. The summed E-state index contributed by atoms with van der Waals surface area (Å²) in [4.78, 5) is 25.1. The molecule has 140 valence electrons. The summed E-state index contributed by atoms with van der Waals surface area (Å²) in [6.45, 7) is 2.80. The average molecular weight is 377 g/mol. The van der Waals surface area contributed by atoms with Gasteiger partial charge in [0.2, 0.25) is 21.8 Å². The van der Waals surface area contributed by atoms with Crippen LogP contribution in [0.4, 0.5) is 14.5 Å². The molecule has 0 aliphatic rings. The fourth-order valence-electron chi connectivity index (χ4n) is 1.92. The van der Waals surface area contributed by atoms with E-state index in [1.165, 1.54) is 13.0 Å². The quantitative estimate of drug-likeness (QED) is 0.673. The van der Waals surface area contributed by atoms with E-state index in [-0.39, 0.29) is 25.3 Å². The fourth-order valence-corrected chi connectivity index (χ4v) is 2.54. The number of rotatable bonds is 9. The number of nitrogens with zero attached hydrogens (tertiary/aromatic N) is 1. The van der Waals surface area contributed by atoms with Crippen LogP contribution < -0.4 is 10.0 Å². The Morgan fingerprint density at radius 3 is 2.28 bits per heavy atom. The first-order valence-corrected chi connectivity index (χ1v) is 9.34. The molecule has 0 saturated carbocycles. The predicted octanol–water partition coefficient (Wildman–Crippen LogP) is 1.08. The Morgan fingerprint density at radius 2 is 1.76 bits per heavy atom. The van der Waals surface area contributed by atoms with E-state index in [1.54, 1.807) is 6.92 Å². The van der Waals surface area contributed by atoms with Crippen molar-refractivity contribution in [1.29, 1.82) is 0 Å². The zero-order valence-electron chi connectivity index (χ0n) is 14.0. The van der Waals surface area contributed by atoms with Crippen LogP contribution in [-0.2, 0) is 19.6 Å². The first-order chi connectivity index (χ1) is 11.7. The number of hydrogen-bond acceptors (Lipinski definition) is 4. The number of benzene rings is 1. The van der Waals surface area contributed by atoms with Gasteiger partial charge >= 0.3 is 0 Å². The predicted molar refractivity (Wildman–Crippen MR) is 89.3 cm³/mol. The van der Waals surface area contributed by atoms with Crippen LogP contribution in [-0.4, -0.2) is 50.5 Å². The largest absolute Gasteiger partial charge is 0.334 e. The number of likely N-dealkylation sites (N-methyl/N-ethyl adjacent to an activating group) is 1. The van der Waals surface area contributed by atoms with Gasteiger partial charge in [0.05, 0.1) is 12.3 Å². The van der Waals surface area contributed by atoms with Crippen molar-refractivity contribution in [3.05, 3.63) is 29.8 Å². The van der Waals surface area contributed by atoms with E-state index in [4.69, 9.17) is 0 Å². The molecule has 2 N–H and O–H groups in total. The molecule has 0 bridgehead atoms. The fraction of sp³-hybridized carbons (Fsp3) is 0.467. The minimum atomic E-state index is -3.40. The molecule has 0 spiro atoms. The maximum absolute atomic E-state index is 13.5. The third-order valence-corrected chi connectivity index (χ3v) is 4.74. The van der Waals surface area contributed by atoms with Gasteiger partial charge in [0, 0.05) is 19.5 Å². The van der Waals surface area contributed by atoms with Crippen molar-refractivity contribution in [2.45, 2.75) is 20.3 Å². The van der Waals surface area contributed by atoms with E-state index >= 15 is 0 Å². The van der Waals surface area contributed by atoms with Crippen molar-refractivity contribution < 1.29 is 26.8 Å². The number of anilines is 1. The molecule has 0 unspecified atom stereocenters. The van der Waals surface area contributed by atoms with Crippen LogP contribution in [0.5, 0.6) is 0 Å². The lowest BCUT2D eigenvalue weighted by atomic mass is 10.3. The van der Waals surface area contributed by atoms with E-state index in [1.807, 2.05) is 0 Å². The molecule has 10 heteroatoms. The molecule has 7 nitrogen and oxygen atoms in total. The number of nitrogens with one attached hydrogen (secondary N) is 2. The van der Waals surface area contributed by atoms with Crippen molar-refractivity contribution in [3.63, 3.8) is 0 Å². The number of amides is 2. The lowest BCUT2D eigenvalue weighted by Gasteiger charge is -2.20. The second kappa shape index (κ2) is 9.42. The molecule has 0 aliphatic heterocycles. The molecular formula is C15H21F2N3O4S. The third kappa shape index (κ3) is 6.75. The van der Waals surface area contributed by atoms with Crippen LogP contribution >= 0.6 is 0 Å². The Balaban J connectivity index is 2.59. The Hall–Kier alpha value is -2.07. The molecule has 1 rings (SSSR count). The molecule has 1 aromatic carbocycles. The first kappa shape index (κ1) is 21.0. The van der Waals surface area contributed by atoms with Crippen molar-refractivity contribution in [2.24, 2.45) is 0 Å². The zero-order valence-corrected chi connectivity index (χ0v) is 14.8. The Bertz CT molecular complexity index is 705. The van der Waals surface area contributed by atoms with E-state index in [9.17, 15) is 26.8 Å². The van der Waals surface area contributed by atoms with Gasteiger partial charge in [0.15, 0.2) is 0 Å². The van der Waals surface area contributed by atoms with Crippen molar-refractivity contribution in [1.82, 2.24) is 9.62 Å². The second-order valence-corrected chi connectivity index (χ2v) is 7.20. The minimum Gasteiger partial charge on any atom is -0.334 e. The summed E-state index contributed by atoms with van der Waals surface area (Å²) >= 11 is 0. The maximum atomic E-state index is 13.5. The lowest BCUT2D eigenvalue weighted by Crippen LogP contribution is -2.39. The number of para-hydroxylation sites is 1. The zero-order chi connectivity index (χ0) is 19.0. The molecule has 0 heterocycles. The van der Waals surface area contributed by atoms with Crippen LogP contribution in [0.1, 0.15) is 20.3 Å². The SMILES string of the molecule is CCN(CC(=O)Nc1c(F)cccc1F)C(=O)CCNS(=O)(=O)CC. The Labute approximate surface area is 145 Å². The van der Waals surface area contributed by atoms with Crippen molar-refractivity contribution in [3.8, 4) is 0 Å². The minimum absolute atomic E-state index is 0.0882. The number of carbonyl (C=O) groups is 2. The van der Waals surface area contributed by atoms with Crippen LogP contribution in [0.2, 0.25) is 0 Å². The van der Waals surface area contributed by atoms with Crippen LogP contribution in [0.3, 0.4) is 0 Å². The van der Waals surface area contributed by atoms with Gasteiger partial charge in [-0.15, -0.1) is 0 Å². The number of sulfonamides is 1. The van der Waals surface area contributed by atoms with Crippen LogP contribution in [0, 0.1) is 11.6 Å². The number of hydrogen-bond donors (Lipinski definition) is 2. The maximum Gasteiger partial charge on any atom is 0.244 e. The lowest BCUT2D eigenvalue weighted by molar-refractivity contribution is -0.134. The van der Waals surface area contributed by atoms with Gasteiger partial charge in [-0.05, 0) is 26.0 Å². The van der Waals surface area contributed by atoms with Gasteiger partial charge in [-0.2, -0.15) is 0 Å². The number of halogens is 2. The molecular weight excluding hydrogens is 356 g/mol. The highest BCUT2D eigenvalue weighted by molar-refractivity contribution is 7.89. The molecule has 0 aromatic heterocycles. The normalized spacial score (nSPS) is 11.2. The van der Waals surface area contributed by atoms with Gasteiger partial charge in [0.1, 0.15) is 17.3 Å². The second-order valence-electron chi connectivity index (χ2n) is 5.10. The highest BCUT2D eigenvalue weighted by Gasteiger charge is 2.18. The molecule has 0 saturated heterocycles. The van der Waals surface area contributed by atoms with Gasteiger partial charge < -0.3 is 10.2 Å². The summed E-state index contributed by atoms with van der Waals surface area (Å²) in [5, 5.41) is 2.09. The molecule has 1 aromatic rings. The molecule has 0 fully saturated rings.